The predicted octanol–water partition coefficient (Wildman–Crippen LogP) is 5.58. The Balaban J connectivity index is 1.39. The smallest absolute Gasteiger partial charge is 0.254 e. The summed E-state index contributed by atoms with van der Waals surface area (Å²) in [7, 11) is 1.62. The van der Waals surface area contributed by atoms with Gasteiger partial charge in [-0.1, -0.05) is 49.7 Å². The van der Waals surface area contributed by atoms with Gasteiger partial charge in [0.2, 0.25) is 11.0 Å². The number of carbonyl (C=O) groups excluding carboxylic acids is 2. The fraction of sp³-hybridized carbons (Fsp3) is 0.407. The van der Waals surface area contributed by atoms with E-state index in [0.29, 0.717) is 17.2 Å². The number of aryl methyl sites for hydroxylation is 1. The van der Waals surface area contributed by atoms with Crippen molar-refractivity contribution in [2.24, 2.45) is 0 Å². The predicted molar refractivity (Wildman–Crippen MR) is 139 cm³/mol. The molecule has 2 aromatic carbocycles. The van der Waals surface area contributed by atoms with Crippen molar-refractivity contribution in [3.63, 3.8) is 0 Å². The maximum Gasteiger partial charge on any atom is 0.254 e. The number of nitrogens with zero attached hydrogens (tertiary/aromatic N) is 3. The summed E-state index contributed by atoms with van der Waals surface area (Å²) in [5, 5.41) is 12.3. The Morgan fingerprint density at radius 1 is 1.03 bits per heavy atom. The number of ether oxygens (including phenoxy) is 1. The average Bonchev–Trinajstić information content (AvgIpc) is 3.37. The van der Waals surface area contributed by atoms with Gasteiger partial charge in [0.15, 0.2) is 0 Å². The second kappa shape index (κ2) is 11.9. The molecule has 0 atom stereocenters. The molecule has 0 saturated heterocycles. The van der Waals surface area contributed by atoms with Crippen molar-refractivity contribution in [3.8, 4) is 16.3 Å². The maximum atomic E-state index is 13.4. The van der Waals surface area contributed by atoms with Crippen molar-refractivity contribution in [2.75, 3.05) is 19.0 Å². The van der Waals surface area contributed by atoms with Crippen LogP contribution in [0, 0.1) is 0 Å². The summed E-state index contributed by atoms with van der Waals surface area (Å²) in [6.45, 7) is 2.48. The van der Waals surface area contributed by atoms with E-state index in [2.05, 4.69) is 22.4 Å². The zero-order valence-corrected chi connectivity index (χ0v) is 21.1. The molecule has 8 heteroatoms. The number of anilines is 1. The molecule has 1 saturated carbocycles. The lowest BCUT2D eigenvalue weighted by Crippen LogP contribution is -2.43. The van der Waals surface area contributed by atoms with Gasteiger partial charge in [0.1, 0.15) is 10.8 Å². The molecule has 7 nitrogen and oxygen atoms in total. The first kappa shape index (κ1) is 24.9. The van der Waals surface area contributed by atoms with Crippen LogP contribution in [0.5, 0.6) is 5.75 Å². The van der Waals surface area contributed by atoms with Gasteiger partial charge in [-0.2, -0.15) is 0 Å². The molecule has 1 fully saturated rings. The number of hydrogen-bond donors (Lipinski definition) is 1. The lowest BCUT2D eigenvalue weighted by molar-refractivity contribution is -0.116. The molecule has 1 aromatic heterocycles. The summed E-state index contributed by atoms with van der Waals surface area (Å²) in [6, 6.07) is 15.5. The number of aromatic nitrogens is 2. The first-order valence-corrected chi connectivity index (χ1v) is 13.1. The molecule has 0 aliphatic heterocycles. The zero-order valence-electron chi connectivity index (χ0n) is 20.3. The average molecular weight is 493 g/mol. The maximum absolute atomic E-state index is 13.4. The van der Waals surface area contributed by atoms with Crippen molar-refractivity contribution >= 4 is 28.3 Å². The Morgan fingerprint density at radius 3 is 2.40 bits per heavy atom. The van der Waals surface area contributed by atoms with E-state index in [4.69, 9.17) is 4.74 Å². The number of amides is 2. The van der Waals surface area contributed by atoms with Crippen molar-refractivity contribution in [1.29, 1.82) is 0 Å². The molecule has 0 unspecified atom stereocenters. The lowest BCUT2D eigenvalue weighted by Gasteiger charge is -2.34. The van der Waals surface area contributed by atoms with Crippen LogP contribution < -0.4 is 10.1 Å². The number of hydrogen-bond acceptors (Lipinski definition) is 6. The summed E-state index contributed by atoms with van der Waals surface area (Å²) in [5.74, 6) is 0.604. The number of methoxy groups -OCH3 is 1. The molecule has 35 heavy (non-hydrogen) atoms. The van der Waals surface area contributed by atoms with Crippen molar-refractivity contribution in [3.05, 3.63) is 59.7 Å². The van der Waals surface area contributed by atoms with E-state index in [9.17, 15) is 9.59 Å². The Hall–Kier alpha value is -3.26. The Kier molecular flexibility index (Phi) is 8.47. The van der Waals surface area contributed by atoms with Gasteiger partial charge >= 0.3 is 0 Å². The highest BCUT2D eigenvalue weighted by Gasteiger charge is 2.27. The van der Waals surface area contributed by atoms with Crippen LogP contribution in [0.2, 0.25) is 0 Å². The van der Waals surface area contributed by atoms with Crippen molar-refractivity contribution in [2.45, 2.75) is 57.9 Å². The first-order chi connectivity index (χ1) is 17.1. The topological polar surface area (TPSA) is 84.4 Å². The molecular formula is C27H32N4O3S. The monoisotopic (exact) mass is 492 g/mol. The molecule has 3 aromatic rings. The third kappa shape index (κ3) is 6.45. The van der Waals surface area contributed by atoms with E-state index in [1.165, 1.54) is 23.3 Å². The van der Waals surface area contributed by atoms with Gasteiger partial charge in [0.05, 0.1) is 7.11 Å². The van der Waals surface area contributed by atoms with Gasteiger partial charge < -0.3 is 15.0 Å². The minimum Gasteiger partial charge on any atom is -0.497 e. The Morgan fingerprint density at radius 2 is 1.74 bits per heavy atom. The summed E-state index contributed by atoms with van der Waals surface area (Å²) >= 11 is 1.32. The van der Waals surface area contributed by atoms with E-state index >= 15 is 0 Å². The van der Waals surface area contributed by atoms with Gasteiger partial charge in [-0.15, -0.1) is 10.2 Å². The Bertz CT molecular complexity index is 1120. The number of nitrogens with one attached hydrogen (secondary N) is 1. The second-order valence-corrected chi connectivity index (χ2v) is 9.76. The molecule has 0 radical (unpaired) electrons. The molecule has 1 heterocycles. The van der Waals surface area contributed by atoms with E-state index in [1.807, 2.05) is 53.4 Å². The highest BCUT2D eigenvalue weighted by atomic mass is 32.1. The summed E-state index contributed by atoms with van der Waals surface area (Å²) < 4.78 is 5.19. The van der Waals surface area contributed by atoms with Gasteiger partial charge in [0, 0.05) is 30.1 Å². The minimum absolute atomic E-state index is 0.00469. The quantitative estimate of drug-likeness (QED) is 0.422. The normalized spacial score (nSPS) is 13.9. The van der Waals surface area contributed by atoms with Crippen LogP contribution in [0.25, 0.3) is 10.6 Å². The van der Waals surface area contributed by atoms with Crippen LogP contribution >= 0.6 is 11.3 Å². The molecule has 1 aliphatic rings. The number of benzene rings is 2. The standard InChI is InChI=1S/C27H32N4O3S/c1-3-19-9-11-21(12-10-19)26(33)31(22-7-5-4-6-8-22)18-17-24(32)28-27-30-29-25(35-27)20-13-15-23(34-2)16-14-20/h9-16,22H,3-8,17-18H2,1-2H3,(H,28,30,32). The van der Waals surface area contributed by atoms with Crippen LogP contribution in [-0.4, -0.2) is 46.6 Å². The van der Waals surface area contributed by atoms with Gasteiger partial charge in [-0.05, 0) is 61.2 Å². The highest BCUT2D eigenvalue weighted by molar-refractivity contribution is 7.18. The zero-order chi connectivity index (χ0) is 24.6. The second-order valence-electron chi connectivity index (χ2n) is 8.78. The van der Waals surface area contributed by atoms with Crippen LogP contribution in [0.15, 0.2) is 48.5 Å². The van der Waals surface area contributed by atoms with Gasteiger partial charge in [0.25, 0.3) is 5.91 Å². The fourth-order valence-corrected chi connectivity index (χ4v) is 5.18. The molecule has 1 N–H and O–H groups in total. The molecule has 0 spiro atoms. The van der Waals surface area contributed by atoms with E-state index in [0.717, 1.165) is 48.4 Å². The molecule has 0 bridgehead atoms. The molecular weight excluding hydrogens is 460 g/mol. The van der Waals surface area contributed by atoms with E-state index in [1.54, 1.807) is 7.11 Å². The van der Waals surface area contributed by atoms with Gasteiger partial charge in [-0.3, -0.25) is 9.59 Å². The largest absolute Gasteiger partial charge is 0.497 e. The van der Waals surface area contributed by atoms with E-state index < -0.39 is 0 Å². The third-order valence-electron chi connectivity index (χ3n) is 6.47. The summed E-state index contributed by atoms with van der Waals surface area (Å²) in [5.41, 5.74) is 2.80. The van der Waals surface area contributed by atoms with Crippen LogP contribution in [0.3, 0.4) is 0 Å². The number of rotatable bonds is 9. The minimum atomic E-state index is -0.169. The molecule has 1 aliphatic carbocycles. The number of carbonyl (C=O) groups is 2. The van der Waals surface area contributed by atoms with Crippen LogP contribution in [0.1, 0.15) is 61.4 Å². The SMILES string of the molecule is CCc1ccc(C(=O)N(CCC(=O)Nc2nnc(-c3ccc(OC)cc3)s2)C2CCCCC2)cc1. The summed E-state index contributed by atoms with van der Waals surface area (Å²) in [4.78, 5) is 28.0. The van der Waals surface area contributed by atoms with Crippen LogP contribution in [-0.2, 0) is 11.2 Å². The van der Waals surface area contributed by atoms with Gasteiger partial charge in [-0.25, -0.2) is 0 Å². The van der Waals surface area contributed by atoms with Crippen LogP contribution in [0.4, 0.5) is 5.13 Å². The summed E-state index contributed by atoms with van der Waals surface area (Å²) in [6.07, 6.45) is 6.57. The molecule has 2 amide bonds. The Labute approximate surface area is 210 Å². The van der Waals surface area contributed by atoms with Crippen molar-refractivity contribution in [1.82, 2.24) is 15.1 Å². The first-order valence-electron chi connectivity index (χ1n) is 12.2. The molecule has 4 rings (SSSR count). The van der Waals surface area contributed by atoms with E-state index in [-0.39, 0.29) is 24.3 Å². The third-order valence-corrected chi connectivity index (χ3v) is 7.36. The fourth-order valence-electron chi connectivity index (χ4n) is 4.42. The highest BCUT2D eigenvalue weighted by Crippen LogP contribution is 2.28. The lowest BCUT2D eigenvalue weighted by atomic mass is 9.93. The van der Waals surface area contributed by atoms with Crippen molar-refractivity contribution < 1.29 is 14.3 Å². The molecule has 184 valence electrons.